The Morgan fingerprint density at radius 2 is 1.64 bits per heavy atom. The Hall–Kier alpha value is -2.88. The SMILES string of the molecule is Cc1cccc(NC2=C(c3ccccc3)C(=O)N(C)C2=O)c1. The van der Waals surface area contributed by atoms with Crippen LogP contribution in [0.4, 0.5) is 5.69 Å². The van der Waals surface area contributed by atoms with Gasteiger partial charge in [0, 0.05) is 12.7 Å². The smallest absolute Gasteiger partial charge is 0.277 e. The van der Waals surface area contributed by atoms with Crippen molar-refractivity contribution < 1.29 is 9.59 Å². The van der Waals surface area contributed by atoms with Crippen molar-refractivity contribution in [3.05, 3.63) is 71.4 Å². The van der Waals surface area contributed by atoms with Crippen LogP contribution in [-0.2, 0) is 9.59 Å². The number of benzene rings is 2. The molecule has 0 saturated carbocycles. The Kier molecular flexibility index (Phi) is 3.51. The van der Waals surface area contributed by atoms with E-state index in [4.69, 9.17) is 0 Å². The van der Waals surface area contributed by atoms with Crippen LogP contribution in [0.3, 0.4) is 0 Å². The van der Waals surface area contributed by atoms with Gasteiger partial charge in [-0.3, -0.25) is 14.5 Å². The quantitative estimate of drug-likeness (QED) is 0.885. The summed E-state index contributed by atoms with van der Waals surface area (Å²) in [5.74, 6) is -0.600. The van der Waals surface area contributed by atoms with E-state index in [9.17, 15) is 9.59 Å². The minimum atomic E-state index is -0.314. The number of carbonyl (C=O) groups is 2. The number of nitrogens with zero attached hydrogens (tertiary/aromatic N) is 1. The summed E-state index contributed by atoms with van der Waals surface area (Å²) in [7, 11) is 1.50. The highest BCUT2D eigenvalue weighted by molar-refractivity contribution is 6.36. The topological polar surface area (TPSA) is 49.4 Å². The van der Waals surface area contributed by atoms with Crippen LogP contribution < -0.4 is 5.32 Å². The predicted molar refractivity (Wildman–Crippen MR) is 85.9 cm³/mol. The van der Waals surface area contributed by atoms with Gasteiger partial charge in [-0.1, -0.05) is 42.5 Å². The zero-order valence-electron chi connectivity index (χ0n) is 12.5. The van der Waals surface area contributed by atoms with Gasteiger partial charge in [0.1, 0.15) is 5.70 Å². The molecule has 0 atom stereocenters. The summed E-state index contributed by atoms with van der Waals surface area (Å²) in [5.41, 5.74) is 3.34. The molecule has 110 valence electrons. The van der Waals surface area contributed by atoms with Gasteiger partial charge < -0.3 is 5.32 Å². The van der Waals surface area contributed by atoms with Gasteiger partial charge in [0.15, 0.2) is 0 Å². The third-order valence-corrected chi connectivity index (χ3v) is 3.64. The zero-order valence-corrected chi connectivity index (χ0v) is 12.5. The molecule has 2 aromatic carbocycles. The zero-order chi connectivity index (χ0) is 15.7. The second-order valence-electron chi connectivity index (χ2n) is 5.28. The van der Waals surface area contributed by atoms with Gasteiger partial charge in [-0.05, 0) is 30.2 Å². The minimum absolute atomic E-state index is 0.286. The van der Waals surface area contributed by atoms with Gasteiger partial charge in [-0.25, -0.2) is 0 Å². The Bertz CT molecular complexity index is 779. The maximum Gasteiger partial charge on any atom is 0.277 e. The van der Waals surface area contributed by atoms with Gasteiger partial charge >= 0.3 is 0 Å². The van der Waals surface area contributed by atoms with Crippen molar-refractivity contribution in [3.63, 3.8) is 0 Å². The first-order chi connectivity index (χ1) is 10.6. The largest absolute Gasteiger partial charge is 0.350 e. The maximum atomic E-state index is 12.4. The van der Waals surface area contributed by atoms with E-state index in [0.29, 0.717) is 11.3 Å². The maximum absolute atomic E-state index is 12.4. The lowest BCUT2D eigenvalue weighted by atomic mass is 10.0. The Labute approximate surface area is 129 Å². The molecule has 1 N–H and O–H groups in total. The van der Waals surface area contributed by atoms with E-state index in [0.717, 1.165) is 21.7 Å². The first-order valence-corrected chi connectivity index (χ1v) is 7.03. The van der Waals surface area contributed by atoms with E-state index in [1.807, 2.05) is 61.5 Å². The first kappa shape index (κ1) is 14.1. The van der Waals surface area contributed by atoms with Crippen molar-refractivity contribution >= 4 is 23.1 Å². The number of imide groups is 1. The molecule has 1 heterocycles. The summed E-state index contributed by atoms with van der Waals surface area (Å²) >= 11 is 0. The number of rotatable bonds is 3. The summed E-state index contributed by atoms with van der Waals surface area (Å²) in [6.07, 6.45) is 0. The molecule has 2 aromatic rings. The summed E-state index contributed by atoms with van der Waals surface area (Å²) in [5, 5.41) is 3.11. The highest BCUT2D eigenvalue weighted by Gasteiger charge is 2.36. The van der Waals surface area contributed by atoms with E-state index >= 15 is 0 Å². The van der Waals surface area contributed by atoms with Crippen molar-refractivity contribution in [2.24, 2.45) is 0 Å². The second kappa shape index (κ2) is 5.48. The summed E-state index contributed by atoms with van der Waals surface area (Å²) in [4.78, 5) is 25.9. The molecule has 0 fully saturated rings. The van der Waals surface area contributed by atoms with Crippen LogP contribution in [0.25, 0.3) is 5.57 Å². The van der Waals surface area contributed by atoms with E-state index in [2.05, 4.69) is 5.32 Å². The number of likely N-dealkylation sites (N-methyl/N-ethyl adjacent to an activating group) is 1. The van der Waals surface area contributed by atoms with Crippen LogP contribution in [0.1, 0.15) is 11.1 Å². The summed E-state index contributed by atoms with van der Waals surface area (Å²) in [6.45, 7) is 1.98. The number of hydrogen-bond donors (Lipinski definition) is 1. The number of anilines is 1. The van der Waals surface area contributed by atoms with Gasteiger partial charge in [-0.2, -0.15) is 0 Å². The highest BCUT2D eigenvalue weighted by atomic mass is 16.2. The molecule has 2 amide bonds. The van der Waals surface area contributed by atoms with E-state index in [1.165, 1.54) is 7.05 Å². The van der Waals surface area contributed by atoms with Crippen LogP contribution in [0.15, 0.2) is 60.3 Å². The predicted octanol–water partition coefficient (Wildman–Crippen LogP) is 2.82. The third-order valence-electron chi connectivity index (χ3n) is 3.64. The lowest BCUT2D eigenvalue weighted by Gasteiger charge is -2.09. The highest BCUT2D eigenvalue weighted by Crippen LogP contribution is 2.29. The third kappa shape index (κ3) is 2.39. The van der Waals surface area contributed by atoms with Crippen molar-refractivity contribution in [1.29, 1.82) is 0 Å². The molecule has 4 heteroatoms. The molecule has 0 spiro atoms. The molecule has 0 unspecified atom stereocenters. The molecule has 0 radical (unpaired) electrons. The van der Waals surface area contributed by atoms with Crippen molar-refractivity contribution in [2.75, 3.05) is 12.4 Å². The fourth-order valence-electron chi connectivity index (χ4n) is 2.50. The number of hydrogen-bond acceptors (Lipinski definition) is 3. The summed E-state index contributed by atoms with van der Waals surface area (Å²) in [6, 6.07) is 16.9. The molecular weight excluding hydrogens is 276 g/mol. The second-order valence-corrected chi connectivity index (χ2v) is 5.28. The van der Waals surface area contributed by atoms with E-state index in [1.54, 1.807) is 0 Å². The van der Waals surface area contributed by atoms with Crippen LogP contribution in [0.2, 0.25) is 0 Å². The van der Waals surface area contributed by atoms with Crippen molar-refractivity contribution in [3.8, 4) is 0 Å². The lowest BCUT2D eigenvalue weighted by Crippen LogP contribution is -2.27. The van der Waals surface area contributed by atoms with Crippen molar-refractivity contribution in [1.82, 2.24) is 4.90 Å². The molecule has 0 saturated heterocycles. The molecule has 1 aliphatic heterocycles. The standard InChI is InChI=1S/C18H16N2O2/c1-12-7-6-10-14(11-12)19-16-15(13-8-4-3-5-9-13)17(21)20(2)18(16)22/h3-11,19H,1-2H3. The summed E-state index contributed by atoms with van der Waals surface area (Å²) < 4.78 is 0. The van der Waals surface area contributed by atoms with Crippen LogP contribution in [0, 0.1) is 6.92 Å². The van der Waals surface area contributed by atoms with Gasteiger partial charge in [0.25, 0.3) is 11.8 Å². The molecule has 3 rings (SSSR count). The van der Waals surface area contributed by atoms with Gasteiger partial charge in [-0.15, -0.1) is 0 Å². The van der Waals surface area contributed by atoms with E-state index < -0.39 is 0 Å². The molecule has 0 aromatic heterocycles. The number of aryl methyl sites for hydroxylation is 1. The molecule has 22 heavy (non-hydrogen) atoms. The monoisotopic (exact) mass is 292 g/mol. The fourth-order valence-corrected chi connectivity index (χ4v) is 2.50. The Balaban J connectivity index is 2.08. The minimum Gasteiger partial charge on any atom is -0.350 e. The lowest BCUT2D eigenvalue weighted by molar-refractivity contribution is -0.135. The number of carbonyl (C=O) groups excluding carboxylic acids is 2. The normalized spacial score (nSPS) is 14.7. The molecule has 0 aliphatic carbocycles. The van der Waals surface area contributed by atoms with Crippen LogP contribution in [-0.4, -0.2) is 23.8 Å². The first-order valence-electron chi connectivity index (χ1n) is 7.03. The molecule has 1 aliphatic rings. The van der Waals surface area contributed by atoms with E-state index in [-0.39, 0.29) is 11.8 Å². The molecular formula is C18H16N2O2. The number of nitrogens with one attached hydrogen (secondary N) is 1. The van der Waals surface area contributed by atoms with Gasteiger partial charge in [0.05, 0.1) is 5.57 Å². The molecule has 4 nitrogen and oxygen atoms in total. The Morgan fingerprint density at radius 1 is 0.909 bits per heavy atom. The van der Waals surface area contributed by atoms with Gasteiger partial charge in [0.2, 0.25) is 0 Å². The molecule has 0 bridgehead atoms. The average Bonchev–Trinajstić information content (AvgIpc) is 2.73. The Morgan fingerprint density at radius 3 is 2.32 bits per heavy atom. The van der Waals surface area contributed by atoms with Crippen LogP contribution >= 0.6 is 0 Å². The van der Waals surface area contributed by atoms with Crippen LogP contribution in [0.5, 0.6) is 0 Å². The fraction of sp³-hybridized carbons (Fsp3) is 0.111. The van der Waals surface area contributed by atoms with Crippen molar-refractivity contribution in [2.45, 2.75) is 6.92 Å². The average molecular weight is 292 g/mol. The number of amides is 2.